The molecule has 0 unspecified atom stereocenters. The molecule has 0 aromatic heterocycles. The van der Waals surface area contributed by atoms with Crippen molar-refractivity contribution in [2.75, 3.05) is 0 Å². The summed E-state index contributed by atoms with van der Waals surface area (Å²) in [5.74, 6) is -0.750. The van der Waals surface area contributed by atoms with Crippen LogP contribution in [0.15, 0.2) is 23.7 Å². The summed E-state index contributed by atoms with van der Waals surface area (Å²) in [5, 5.41) is 20.0. The van der Waals surface area contributed by atoms with Gasteiger partial charge in [-0.1, -0.05) is 13.8 Å². The molecule has 6 heteroatoms. The average molecular weight is 263 g/mol. The Morgan fingerprint density at radius 3 is 1.00 bits per heavy atom. The molecule has 16 heavy (non-hydrogen) atoms. The largest absolute Gasteiger partial charge is 0.876 e. The van der Waals surface area contributed by atoms with E-state index in [1.54, 1.807) is 0 Å². The first kappa shape index (κ1) is 24.4. The molecule has 0 fully saturated rings. The monoisotopic (exact) mass is 263 g/mol. The zero-order valence-electron chi connectivity index (χ0n) is 9.73. The molecule has 92 valence electrons. The number of hydrogen-bond donors (Lipinski definition) is 0. The summed E-state index contributed by atoms with van der Waals surface area (Å²) in [6, 6.07) is 0. The van der Waals surface area contributed by atoms with E-state index in [1.165, 1.54) is 27.7 Å². The normalized spacial score (nSPS) is 10.0. The molecule has 1 N–H and O–H groups in total. The van der Waals surface area contributed by atoms with Crippen molar-refractivity contribution in [3.8, 4) is 0 Å². The maximum atomic E-state index is 9.98. The summed E-state index contributed by atoms with van der Waals surface area (Å²) in [6.07, 6.45) is 2.11. The fourth-order valence-corrected chi connectivity index (χ4v) is 0.572. The molecular weight excluding hydrogens is 248 g/mol. The molecule has 0 saturated heterocycles. The molecule has 0 amide bonds. The summed E-state index contributed by atoms with van der Waals surface area (Å²) in [4.78, 5) is 20.0. The number of carbonyl (C=O) groups excluding carboxylic acids is 2. The summed E-state index contributed by atoms with van der Waals surface area (Å²) in [6.45, 7) is 5.39. The van der Waals surface area contributed by atoms with Crippen LogP contribution in [0, 0.1) is 0 Å². The summed E-state index contributed by atoms with van der Waals surface area (Å²) in [7, 11) is 0. The molecule has 0 aliphatic carbocycles. The Bertz CT molecular complexity index is 232. The van der Waals surface area contributed by atoms with Crippen LogP contribution in [0.3, 0.4) is 0 Å². The molecule has 0 atom stereocenters. The minimum absolute atomic E-state index is 0. The third-order valence-corrected chi connectivity index (χ3v) is 0.813. The van der Waals surface area contributed by atoms with E-state index in [0.717, 1.165) is 12.2 Å². The summed E-state index contributed by atoms with van der Waals surface area (Å²) in [5.41, 5.74) is 0. The third kappa shape index (κ3) is 38.1. The van der Waals surface area contributed by atoms with E-state index < -0.39 is 0 Å². The van der Waals surface area contributed by atoms with Crippen LogP contribution in [-0.2, 0) is 31.3 Å². The molecule has 0 spiro atoms. The van der Waals surface area contributed by atoms with Gasteiger partial charge in [-0.2, -0.15) is 0 Å². The SMILES string of the molecule is CC(=O)/C=C(/C)[O-].CC(=O)/C=C(/C)[O-].[OH-].[Ti]. The predicted molar refractivity (Wildman–Crippen MR) is 50.8 cm³/mol. The Morgan fingerprint density at radius 1 is 0.812 bits per heavy atom. The zero-order valence-corrected chi connectivity index (χ0v) is 11.3. The molecule has 0 heterocycles. The van der Waals surface area contributed by atoms with Gasteiger partial charge >= 0.3 is 0 Å². The molecule has 0 aromatic carbocycles. The maximum Gasteiger partial charge on any atom is 0.151 e. The topological polar surface area (TPSA) is 110 Å². The van der Waals surface area contributed by atoms with Gasteiger partial charge in [0.25, 0.3) is 0 Å². The molecule has 0 aliphatic heterocycles. The molecule has 0 saturated carbocycles. The van der Waals surface area contributed by atoms with Crippen molar-refractivity contribution in [1.29, 1.82) is 0 Å². The van der Waals surface area contributed by atoms with Crippen LogP contribution in [-0.4, -0.2) is 17.0 Å². The Morgan fingerprint density at radius 2 is 1.00 bits per heavy atom. The van der Waals surface area contributed by atoms with Crippen molar-refractivity contribution in [3.05, 3.63) is 23.7 Å². The van der Waals surface area contributed by atoms with Gasteiger partial charge in [0.2, 0.25) is 0 Å². The van der Waals surface area contributed by atoms with Gasteiger partial charge in [0.05, 0.1) is 0 Å². The van der Waals surface area contributed by atoms with Crippen molar-refractivity contribution < 1.29 is 47.0 Å². The second-order valence-electron chi connectivity index (χ2n) is 2.73. The molecule has 0 aromatic rings. The second kappa shape index (κ2) is 14.1. The van der Waals surface area contributed by atoms with Crippen LogP contribution in [0.1, 0.15) is 27.7 Å². The molecule has 0 bridgehead atoms. The number of hydrogen-bond acceptors (Lipinski definition) is 5. The van der Waals surface area contributed by atoms with Crippen LogP contribution in [0.2, 0.25) is 0 Å². The Labute approximate surface area is 110 Å². The van der Waals surface area contributed by atoms with Crippen LogP contribution < -0.4 is 10.2 Å². The standard InChI is InChI=1S/2C5H8O2.H2O.Ti/c2*1-4(6)3-5(2)7;;/h2*3,6H,1-2H3;1H2;/p-3/b2*4-3-;;. The third-order valence-electron chi connectivity index (χ3n) is 0.813. The van der Waals surface area contributed by atoms with Gasteiger partial charge in [0, 0.05) is 21.7 Å². The molecule has 0 aliphatic rings. The fourth-order valence-electron chi connectivity index (χ4n) is 0.572. The van der Waals surface area contributed by atoms with E-state index >= 15 is 0 Å². The predicted octanol–water partition coefficient (Wildman–Crippen LogP) is -0.500. The van der Waals surface area contributed by atoms with Crippen LogP contribution in [0.5, 0.6) is 0 Å². The van der Waals surface area contributed by atoms with Crippen LogP contribution in [0.4, 0.5) is 0 Å². The Kier molecular flexibility index (Phi) is 21.5. The fraction of sp³-hybridized carbons (Fsp3) is 0.400. The van der Waals surface area contributed by atoms with Gasteiger partial charge in [-0.3, -0.25) is 9.59 Å². The van der Waals surface area contributed by atoms with Crippen molar-refractivity contribution in [1.82, 2.24) is 0 Å². The number of carbonyl (C=O) groups is 2. The molecular formula is C10H15O5Ti-3. The number of rotatable bonds is 2. The first-order valence-electron chi connectivity index (χ1n) is 3.97. The second-order valence-corrected chi connectivity index (χ2v) is 2.73. The van der Waals surface area contributed by atoms with Crippen LogP contribution in [0.25, 0.3) is 0 Å². The average Bonchev–Trinajstić information content (AvgIpc) is 1.79. The Balaban J connectivity index is -0.0000000800. The minimum atomic E-state index is -0.187. The minimum Gasteiger partial charge on any atom is -0.876 e. The number of ketones is 2. The van der Waals surface area contributed by atoms with E-state index in [4.69, 9.17) is 0 Å². The van der Waals surface area contributed by atoms with Crippen molar-refractivity contribution in [2.45, 2.75) is 27.7 Å². The van der Waals surface area contributed by atoms with Gasteiger partial charge in [-0.15, -0.1) is 11.5 Å². The molecule has 5 nitrogen and oxygen atoms in total. The van der Waals surface area contributed by atoms with Crippen molar-refractivity contribution in [2.24, 2.45) is 0 Å². The summed E-state index contributed by atoms with van der Waals surface area (Å²) >= 11 is 0. The van der Waals surface area contributed by atoms with Gasteiger partial charge < -0.3 is 15.7 Å². The van der Waals surface area contributed by atoms with E-state index in [-0.39, 0.29) is 50.3 Å². The van der Waals surface area contributed by atoms with E-state index in [1.807, 2.05) is 0 Å². The Hall–Kier alpha value is -0.906. The van der Waals surface area contributed by atoms with E-state index in [9.17, 15) is 19.8 Å². The number of allylic oxidation sites excluding steroid dienone is 4. The van der Waals surface area contributed by atoms with Gasteiger partial charge in [-0.25, -0.2) is 0 Å². The quantitative estimate of drug-likeness (QED) is 0.379. The van der Waals surface area contributed by atoms with Crippen molar-refractivity contribution in [3.63, 3.8) is 0 Å². The smallest absolute Gasteiger partial charge is 0.151 e. The molecule has 0 radical (unpaired) electrons. The zero-order chi connectivity index (χ0) is 11.7. The van der Waals surface area contributed by atoms with Gasteiger partial charge in [0.1, 0.15) is 0 Å². The van der Waals surface area contributed by atoms with Gasteiger partial charge in [-0.05, 0) is 26.0 Å². The van der Waals surface area contributed by atoms with Crippen molar-refractivity contribution >= 4 is 11.6 Å². The maximum absolute atomic E-state index is 9.98. The van der Waals surface area contributed by atoms with Gasteiger partial charge in [0.15, 0.2) is 11.6 Å². The van der Waals surface area contributed by atoms with E-state index in [2.05, 4.69) is 0 Å². The van der Waals surface area contributed by atoms with E-state index in [0.29, 0.717) is 0 Å². The molecule has 0 rings (SSSR count). The first-order valence-corrected chi connectivity index (χ1v) is 3.97. The summed E-state index contributed by atoms with van der Waals surface area (Å²) < 4.78 is 0. The first-order chi connectivity index (χ1) is 6.25. The van der Waals surface area contributed by atoms with Crippen LogP contribution >= 0.6 is 0 Å².